The summed E-state index contributed by atoms with van der Waals surface area (Å²) in [6.45, 7) is 0.105. The van der Waals surface area contributed by atoms with Crippen molar-refractivity contribution in [2.75, 3.05) is 20.1 Å². The fourth-order valence-corrected chi connectivity index (χ4v) is 4.90. The molecule has 1 atom stereocenters. The molecule has 1 unspecified atom stereocenters. The summed E-state index contributed by atoms with van der Waals surface area (Å²) in [6.07, 6.45) is -4.55. The lowest BCUT2D eigenvalue weighted by Gasteiger charge is -2.33. The number of ether oxygens (including phenoxy) is 1. The van der Waals surface area contributed by atoms with Gasteiger partial charge in [0.2, 0.25) is 15.9 Å². The Morgan fingerprint density at radius 1 is 0.939 bits per heavy atom. The average molecular weight is 475 g/mol. The van der Waals surface area contributed by atoms with Crippen molar-refractivity contribution in [1.82, 2.24) is 4.31 Å². The molecule has 9 heteroatoms. The smallest absolute Gasteiger partial charge is 0.416 e. The third kappa shape index (κ3) is 4.65. The van der Waals surface area contributed by atoms with Gasteiger partial charge in [-0.3, -0.25) is 0 Å². The second-order valence-corrected chi connectivity index (χ2v) is 9.78. The van der Waals surface area contributed by atoms with E-state index in [1.165, 1.54) is 7.05 Å². The molecule has 0 spiro atoms. The highest BCUT2D eigenvalue weighted by atomic mass is 32.2. The molecule has 33 heavy (non-hydrogen) atoms. The predicted molar refractivity (Wildman–Crippen MR) is 118 cm³/mol. The maximum atomic E-state index is 13.2. The zero-order valence-electron chi connectivity index (χ0n) is 17.7. The Kier molecular flexibility index (Phi) is 6.02. The SMILES string of the molecule is CN(CC1(c2ccccc2)CN=C(c2ccccc2)O1)S(=O)(=O)c1ccc(C(F)(F)F)cc1. The van der Waals surface area contributed by atoms with Crippen LogP contribution in [0.3, 0.4) is 0 Å². The van der Waals surface area contributed by atoms with E-state index in [-0.39, 0.29) is 18.0 Å². The van der Waals surface area contributed by atoms with Crippen molar-refractivity contribution in [3.05, 3.63) is 102 Å². The van der Waals surface area contributed by atoms with Gasteiger partial charge >= 0.3 is 6.18 Å². The highest BCUT2D eigenvalue weighted by Gasteiger charge is 2.43. The van der Waals surface area contributed by atoms with Gasteiger partial charge in [0.25, 0.3) is 0 Å². The summed E-state index contributed by atoms with van der Waals surface area (Å²) < 4.78 is 72.3. The van der Waals surface area contributed by atoms with Crippen molar-refractivity contribution in [1.29, 1.82) is 0 Å². The third-order valence-corrected chi connectivity index (χ3v) is 7.28. The van der Waals surface area contributed by atoms with Gasteiger partial charge in [-0.15, -0.1) is 0 Å². The number of hydrogen-bond acceptors (Lipinski definition) is 4. The number of nitrogens with zero attached hydrogens (tertiary/aromatic N) is 2. The Balaban J connectivity index is 1.63. The second-order valence-electron chi connectivity index (χ2n) is 7.73. The molecule has 1 aliphatic heterocycles. The molecule has 1 aliphatic rings. The van der Waals surface area contributed by atoms with Crippen LogP contribution in [0.1, 0.15) is 16.7 Å². The van der Waals surface area contributed by atoms with Gasteiger partial charge in [-0.05, 0) is 42.0 Å². The average Bonchev–Trinajstić information content (AvgIpc) is 3.25. The molecule has 0 aromatic heterocycles. The van der Waals surface area contributed by atoms with Crippen LogP contribution >= 0.6 is 0 Å². The second kappa shape index (κ2) is 8.64. The Labute approximate surface area is 190 Å². The van der Waals surface area contributed by atoms with Crippen LogP contribution in [0.5, 0.6) is 0 Å². The van der Waals surface area contributed by atoms with Gasteiger partial charge in [0.05, 0.1) is 23.5 Å². The topological polar surface area (TPSA) is 59.0 Å². The first-order valence-electron chi connectivity index (χ1n) is 10.1. The van der Waals surface area contributed by atoms with Crippen LogP contribution in [0.15, 0.2) is 94.8 Å². The molecule has 1 heterocycles. The number of aliphatic imine (C=N–C) groups is 1. The van der Waals surface area contributed by atoms with Gasteiger partial charge in [-0.2, -0.15) is 17.5 Å². The molecule has 0 bridgehead atoms. The van der Waals surface area contributed by atoms with E-state index in [2.05, 4.69) is 4.99 Å². The van der Waals surface area contributed by atoms with E-state index in [0.29, 0.717) is 5.90 Å². The maximum absolute atomic E-state index is 13.2. The van der Waals surface area contributed by atoms with Crippen LogP contribution in [0.4, 0.5) is 13.2 Å². The van der Waals surface area contributed by atoms with E-state index in [0.717, 1.165) is 39.7 Å². The summed E-state index contributed by atoms with van der Waals surface area (Å²) in [5.41, 5.74) is -0.484. The number of hydrogen-bond donors (Lipinski definition) is 0. The van der Waals surface area contributed by atoms with Crippen LogP contribution in [0.2, 0.25) is 0 Å². The van der Waals surface area contributed by atoms with Crippen LogP contribution in [-0.2, 0) is 26.5 Å². The number of alkyl halides is 3. The Bertz CT molecular complexity index is 1250. The summed E-state index contributed by atoms with van der Waals surface area (Å²) in [5, 5.41) is 0. The molecule has 3 aromatic rings. The molecule has 0 aliphatic carbocycles. The minimum atomic E-state index is -4.55. The Morgan fingerprint density at radius 2 is 1.52 bits per heavy atom. The van der Waals surface area contributed by atoms with Crippen molar-refractivity contribution >= 4 is 15.9 Å². The first-order chi connectivity index (χ1) is 15.6. The summed E-state index contributed by atoms with van der Waals surface area (Å²) in [6, 6.07) is 21.9. The van der Waals surface area contributed by atoms with Crippen LogP contribution in [-0.4, -0.2) is 38.8 Å². The maximum Gasteiger partial charge on any atom is 0.416 e. The number of halogens is 3. The minimum absolute atomic E-state index is 0.0831. The van der Waals surface area contributed by atoms with Crippen LogP contribution in [0.25, 0.3) is 0 Å². The molecule has 3 aromatic carbocycles. The third-order valence-electron chi connectivity index (χ3n) is 5.46. The number of sulfonamides is 1. The first kappa shape index (κ1) is 23.0. The summed E-state index contributed by atoms with van der Waals surface area (Å²) in [7, 11) is -2.71. The summed E-state index contributed by atoms with van der Waals surface area (Å²) in [5.74, 6) is 0.403. The van der Waals surface area contributed by atoms with Crippen molar-refractivity contribution in [2.45, 2.75) is 16.7 Å². The van der Waals surface area contributed by atoms with E-state index in [1.54, 1.807) is 0 Å². The van der Waals surface area contributed by atoms with Gasteiger partial charge in [0.15, 0.2) is 5.60 Å². The van der Waals surface area contributed by atoms with Gasteiger partial charge in [0.1, 0.15) is 0 Å². The van der Waals surface area contributed by atoms with Gasteiger partial charge in [-0.1, -0.05) is 48.5 Å². The van der Waals surface area contributed by atoms with Gasteiger partial charge in [-0.25, -0.2) is 13.4 Å². The number of benzene rings is 3. The molecule has 4 rings (SSSR count). The molecule has 0 saturated heterocycles. The van der Waals surface area contributed by atoms with Crippen LogP contribution < -0.4 is 0 Å². The highest BCUT2D eigenvalue weighted by Crippen LogP contribution is 2.35. The number of rotatable bonds is 6. The molecule has 0 saturated carbocycles. The van der Waals surface area contributed by atoms with Crippen molar-refractivity contribution in [3.8, 4) is 0 Å². The minimum Gasteiger partial charge on any atom is -0.463 e. The van der Waals surface area contributed by atoms with Crippen LogP contribution in [0, 0.1) is 0 Å². The highest BCUT2D eigenvalue weighted by molar-refractivity contribution is 7.89. The van der Waals surface area contributed by atoms with Crippen molar-refractivity contribution < 1.29 is 26.3 Å². The van der Waals surface area contributed by atoms with Crippen molar-refractivity contribution in [2.24, 2.45) is 4.99 Å². The quantitative estimate of drug-likeness (QED) is 0.521. The first-order valence-corrected chi connectivity index (χ1v) is 11.5. The fourth-order valence-electron chi connectivity index (χ4n) is 3.69. The van der Waals surface area contributed by atoms with Gasteiger partial charge in [0, 0.05) is 12.6 Å². The number of likely N-dealkylation sites (N-methyl/N-ethyl adjacent to an activating group) is 1. The largest absolute Gasteiger partial charge is 0.463 e. The van der Waals surface area contributed by atoms with Gasteiger partial charge < -0.3 is 4.74 Å². The zero-order valence-corrected chi connectivity index (χ0v) is 18.5. The van der Waals surface area contributed by atoms with E-state index in [9.17, 15) is 21.6 Å². The lowest BCUT2D eigenvalue weighted by atomic mass is 9.94. The zero-order chi connectivity index (χ0) is 23.7. The van der Waals surface area contributed by atoms with E-state index in [4.69, 9.17) is 4.74 Å². The normalized spacial score (nSPS) is 18.8. The molecule has 0 radical (unpaired) electrons. The molecule has 5 nitrogen and oxygen atoms in total. The van der Waals surface area contributed by atoms with E-state index < -0.39 is 27.4 Å². The lowest BCUT2D eigenvalue weighted by molar-refractivity contribution is -0.137. The summed E-state index contributed by atoms with van der Waals surface area (Å²) >= 11 is 0. The molecule has 0 amide bonds. The Morgan fingerprint density at radius 3 is 2.09 bits per heavy atom. The molecular formula is C24H21F3N2O3S. The molecule has 0 fully saturated rings. The predicted octanol–water partition coefficient (Wildman–Crippen LogP) is 4.70. The Hall–Kier alpha value is -3.17. The lowest BCUT2D eigenvalue weighted by Crippen LogP contribution is -2.44. The standard InChI is InChI=1S/C24H21F3N2O3S/c1-29(33(30,31)21-14-12-20(13-15-21)24(25,26)27)17-23(19-10-6-3-7-11-19)16-28-22(32-23)18-8-4-2-5-9-18/h2-15H,16-17H2,1H3. The van der Waals surface area contributed by atoms with E-state index in [1.807, 2.05) is 60.7 Å². The van der Waals surface area contributed by atoms with Crippen molar-refractivity contribution in [3.63, 3.8) is 0 Å². The fraction of sp³-hybridized carbons (Fsp3) is 0.208. The van der Waals surface area contributed by atoms with E-state index >= 15 is 0 Å². The molecular weight excluding hydrogens is 453 g/mol. The molecule has 0 N–H and O–H groups in total. The summed E-state index contributed by atoms with van der Waals surface area (Å²) in [4.78, 5) is 4.30. The monoisotopic (exact) mass is 474 g/mol. The molecule has 172 valence electrons.